The Morgan fingerprint density at radius 3 is 2.43 bits per heavy atom. The third-order valence-electron chi connectivity index (χ3n) is 4.47. The van der Waals surface area contributed by atoms with Gasteiger partial charge in [-0.25, -0.2) is 0 Å². The van der Waals surface area contributed by atoms with E-state index in [1.165, 1.54) is 4.90 Å². The molecule has 2 rings (SSSR count). The Morgan fingerprint density at radius 1 is 1.14 bits per heavy atom. The molecule has 2 aromatic carbocycles. The summed E-state index contributed by atoms with van der Waals surface area (Å²) >= 11 is 5.94. The lowest BCUT2D eigenvalue weighted by Gasteiger charge is -2.28. The summed E-state index contributed by atoms with van der Waals surface area (Å²) in [5.41, 5.74) is 2.99. The number of hydrogen-bond donors (Lipinski definition) is 1. The van der Waals surface area contributed by atoms with E-state index < -0.39 is 6.04 Å². The molecule has 0 saturated heterocycles. The van der Waals surface area contributed by atoms with Gasteiger partial charge in [0.15, 0.2) is 6.61 Å². The lowest BCUT2D eigenvalue weighted by Crippen LogP contribution is -2.49. The highest BCUT2D eigenvalue weighted by Crippen LogP contribution is 2.19. The number of halogens is 1. The second-order valence-electron chi connectivity index (χ2n) is 6.78. The smallest absolute Gasteiger partial charge is 0.261 e. The van der Waals surface area contributed by atoms with Gasteiger partial charge >= 0.3 is 0 Å². The normalized spacial score (nSPS) is 11.6. The Kier molecular flexibility index (Phi) is 7.88. The third-order valence-corrected chi connectivity index (χ3v) is 4.72. The predicted molar refractivity (Wildman–Crippen MR) is 112 cm³/mol. The molecule has 0 aliphatic rings. The molecule has 2 aromatic rings. The van der Waals surface area contributed by atoms with Gasteiger partial charge in [-0.2, -0.15) is 0 Å². The van der Waals surface area contributed by atoms with E-state index in [4.69, 9.17) is 16.3 Å². The zero-order valence-corrected chi connectivity index (χ0v) is 17.5. The molecule has 0 radical (unpaired) electrons. The van der Waals surface area contributed by atoms with E-state index in [-0.39, 0.29) is 18.4 Å². The van der Waals surface area contributed by atoms with Crippen molar-refractivity contribution in [3.05, 3.63) is 64.2 Å². The Balaban J connectivity index is 2.15. The van der Waals surface area contributed by atoms with Crippen molar-refractivity contribution in [1.29, 1.82) is 0 Å². The van der Waals surface area contributed by atoms with Crippen LogP contribution in [0.25, 0.3) is 0 Å². The van der Waals surface area contributed by atoms with E-state index in [2.05, 4.69) is 5.32 Å². The molecule has 6 heteroatoms. The first-order chi connectivity index (χ1) is 13.3. The van der Waals surface area contributed by atoms with Gasteiger partial charge in [0.25, 0.3) is 5.91 Å². The first kappa shape index (κ1) is 21.8. The number of carbonyl (C=O) groups is 2. The van der Waals surface area contributed by atoms with Crippen LogP contribution in [0, 0.1) is 13.8 Å². The fourth-order valence-electron chi connectivity index (χ4n) is 2.87. The zero-order chi connectivity index (χ0) is 20.7. The highest BCUT2D eigenvalue weighted by Gasteiger charge is 2.26. The van der Waals surface area contributed by atoms with Crippen LogP contribution in [0.4, 0.5) is 0 Å². The maximum atomic E-state index is 12.9. The third kappa shape index (κ3) is 5.99. The minimum absolute atomic E-state index is 0.138. The highest BCUT2D eigenvalue weighted by molar-refractivity contribution is 6.30. The van der Waals surface area contributed by atoms with Gasteiger partial charge in [-0.05, 0) is 57.0 Å². The molecule has 1 N–H and O–H groups in total. The monoisotopic (exact) mass is 402 g/mol. The predicted octanol–water partition coefficient (Wildman–Crippen LogP) is 3.89. The van der Waals surface area contributed by atoms with Gasteiger partial charge in [0.2, 0.25) is 5.91 Å². The van der Waals surface area contributed by atoms with Crippen LogP contribution < -0.4 is 10.1 Å². The number of benzene rings is 2. The standard InChI is InChI=1S/C22H27ClN2O3/c1-5-24-22(27)17(4)25(13-18-7-9-19(23)10-8-18)21(26)14-28-20-11-6-15(2)12-16(20)3/h6-12,17H,5,13-14H2,1-4H3,(H,24,27). The summed E-state index contributed by atoms with van der Waals surface area (Å²) < 4.78 is 5.74. The second kappa shape index (κ2) is 10.1. The molecule has 2 amide bonds. The number of hydrogen-bond acceptors (Lipinski definition) is 3. The lowest BCUT2D eigenvalue weighted by atomic mass is 10.1. The minimum Gasteiger partial charge on any atom is -0.483 e. The van der Waals surface area contributed by atoms with Crippen molar-refractivity contribution in [2.24, 2.45) is 0 Å². The number of nitrogens with zero attached hydrogens (tertiary/aromatic N) is 1. The zero-order valence-electron chi connectivity index (χ0n) is 16.8. The molecule has 28 heavy (non-hydrogen) atoms. The minimum atomic E-state index is -0.620. The van der Waals surface area contributed by atoms with E-state index in [1.54, 1.807) is 19.1 Å². The molecule has 1 atom stereocenters. The van der Waals surface area contributed by atoms with Crippen LogP contribution in [0.15, 0.2) is 42.5 Å². The number of nitrogens with one attached hydrogen (secondary N) is 1. The highest BCUT2D eigenvalue weighted by atomic mass is 35.5. The number of likely N-dealkylation sites (N-methyl/N-ethyl adjacent to an activating group) is 1. The van der Waals surface area contributed by atoms with Crippen molar-refractivity contribution < 1.29 is 14.3 Å². The average molecular weight is 403 g/mol. The number of aryl methyl sites for hydroxylation is 2. The van der Waals surface area contributed by atoms with Crippen molar-refractivity contribution in [1.82, 2.24) is 10.2 Å². The van der Waals surface area contributed by atoms with Crippen molar-refractivity contribution in [2.45, 2.75) is 40.3 Å². The van der Waals surface area contributed by atoms with Gasteiger partial charge in [-0.15, -0.1) is 0 Å². The first-order valence-corrected chi connectivity index (χ1v) is 9.71. The Labute approximate surface area is 171 Å². The quantitative estimate of drug-likeness (QED) is 0.728. The molecule has 150 valence electrons. The van der Waals surface area contributed by atoms with Gasteiger partial charge < -0.3 is 15.0 Å². The van der Waals surface area contributed by atoms with Crippen LogP contribution in [0.1, 0.15) is 30.5 Å². The van der Waals surface area contributed by atoms with Crippen LogP contribution >= 0.6 is 11.6 Å². The van der Waals surface area contributed by atoms with Gasteiger partial charge in [0.1, 0.15) is 11.8 Å². The summed E-state index contributed by atoms with van der Waals surface area (Å²) in [6.45, 7) is 8.17. The second-order valence-corrected chi connectivity index (χ2v) is 7.21. The number of rotatable bonds is 8. The number of ether oxygens (including phenoxy) is 1. The summed E-state index contributed by atoms with van der Waals surface area (Å²) in [4.78, 5) is 26.8. The van der Waals surface area contributed by atoms with E-state index >= 15 is 0 Å². The van der Waals surface area contributed by atoms with E-state index in [9.17, 15) is 9.59 Å². The summed E-state index contributed by atoms with van der Waals surface area (Å²) in [6, 6.07) is 12.4. The van der Waals surface area contributed by atoms with Crippen molar-refractivity contribution >= 4 is 23.4 Å². The summed E-state index contributed by atoms with van der Waals surface area (Å²) in [5.74, 6) is 0.209. The molecule has 0 heterocycles. The molecular formula is C22H27ClN2O3. The van der Waals surface area contributed by atoms with Crippen LogP contribution in [-0.2, 0) is 16.1 Å². The Bertz CT molecular complexity index is 821. The first-order valence-electron chi connectivity index (χ1n) is 9.33. The molecule has 0 fully saturated rings. The van der Waals surface area contributed by atoms with Crippen LogP contribution in [0.2, 0.25) is 5.02 Å². The van der Waals surface area contributed by atoms with Gasteiger partial charge in [0, 0.05) is 18.1 Å². The SMILES string of the molecule is CCNC(=O)C(C)N(Cc1ccc(Cl)cc1)C(=O)COc1ccc(C)cc1C. The van der Waals surface area contributed by atoms with Crippen molar-refractivity contribution in [2.75, 3.05) is 13.2 Å². The fourth-order valence-corrected chi connectivity index (χ4v) is 3.00. The Morgan fingerprint density at radius 2 is 1.82 bits per heavy atom. The summed E-state index contributed by atoms with van der Waals surface area (Å²) in [6.07, 6.45) is 0. The van der Waals surface area contributed by atoms with E-state index in [0.29, 0.717) is 23.9 Å². The molecule has 1 unspecified atom stereocenters. The van der Waals surface area contributed by atoms with Crippen LogP contribution in [0.5, 0.6) is 5.75 Å². The van der Waals surface area contributed by atoms with E-state index in [0.717, 1.165) is 16.7 Å². The number of amides is 2. The molecule has 0 bridgehead atoms. The van der Waals surface area contributed by atoms with Crippen molar-refractivity contribution in [3.63, 3.8) is 0 Å². The lowest BCUT2D eigenvalue weighted by molar-refractivity contribution is -0.142. The molecule has 5 nitrogen and oxygen atoms in total. The average Bonchev–Trinajstić information content (AvgIpc) is 2.66. The molecule has 0 spiro atoms. The summed E-state index contributed by atoms with van der Waals surface area (Å²) in [7, 11) is 0. The van der Waals surface area contributed by atoms with Crippen LogP contribution in [0.3, 0.4) is 0 Å². The van der Waals surface area contributed by atoms with Crippen molar-refractivity contribution in [3.8, 4) is 5.75 Å². The molecule has 0 aliphatic carbocycles. The van der Waals surface area contributed by atoms with Gasteiger partial charge in [-0.3, -0.25) is 9.59 Å². The van der Waals surface area contributed by atoms with Crippen LogP contribution in [-0.4, -0.2) is 35.9 Å². The van der Waals surface area contributed by atoms with Gasteiger partial charge in [0.05, 0.1) is 0 Å². The molecular weight excluding hydrogens is 376 g/mol. The summed E-state index contributed by atoms with van der Waals surface area (Å²) in [5, 5.41) is 3.39. The molecule has 0 aliphatic heterocycles. The Hall–Kier alpha value is -2.53. The van der Waals surface area contributed by atoms with E-state index in [1.807, 2.05) is 51.1 Å². The maximum Gasteiger partial charge on any atom is 0.261 e. The largest absolute Gasteiger partial charge is 0.483 e. The maximum absolute atomic E-state index is 12.9. The van der Waals surface area contributed by atoms with Gasteiger partial charge in [-0.1, -0.05) is 41.4 Å². The fraction of sp³-hybridized carbons (Fsp3) is 0.364. The molecule has 0 saturated carbocycles. The number of carbonyl (C=O) groups excluding carboxylic acids is 2. The molecule has 0 aromatic heterocycles. The topological polar surface area (TPSA) is 58.6 Å².